The number of nitrogens with two attached hydrogens (primary N) is 1. The van der Waals surface area contributed by atoms with Crippen LogP contribution in [0.1, 0.15) is 44.4 Å². The van der Waals surface area contributed by atoms with Gasteiger partial charge in [-0.05, 0) is 50.5 Å². The third-order valence-electron chi connectivity index (χ3n) is 3.89. The minimum absolute atomic E-state index is 0.157. The van der Waals surface area contributed by atoms with Crippen LogP contribution >= 0.6 is 0 Å². The molecule has 4 heteroatoms. The van der Waals surface area contributed by atoms with Gasteiger partial charge in [-0.3, -0.25) is 4.79 Å². The first-order chi connectivity index (χ1) is 11.7. The lowest BCUT2D eigenvalue weighted by atomic mass is 9.96. The first-order valence-electron chi connectivity index (χ1n) is 8.42. The molecule has 0 aromatic heterocycles. The second kappa shape index (κ2) is 7.70. The summed E-state index contributed by atoms with van der Waals surface area (Å²) < 4.78 is 10.8. The summed E-state index contributed by atoms with van der Waals surface area (Å²) in [6.07, 6.45) is 0.157. The normalized spacial score (nSPS) is 12.6. The average Bonchev–Trinajstić information content (AvgIpc) is 2.52. The first-order valence-corrected chi connectivity index (χ1v) is 8.42. The van der Waals surface area contributed by atoms with E-state index in [-0.39, 0.29) is 18.4 Å². The van der Waals surface area contributed by atoms with Gasteiger partial charge < -0.3 is 15.2 Å². The monoisotopic (exact) mass is 341 g/mol. The molecule has 0 amide bonds. The topological polar surface area (TPSA) is 61.5 Å². The molecule has 0 radical (unpaired) electrons. The Hall–Kier alpha value is -2.33. The molecule has 0 aliphatic heterocycles. The molecular formula is C21H27NO3. The molecule has 0 saturated carbocycles. The average molecular weight is 341 g/mol. The predicted molar refractivity (Wildman–Crippen MR) is 101 cm³/mol. The third kappa shape index (κ3) is 5.07. The minimum Gasteiger partial charge on any atom is -0.496 e. The second-order valence-electron chi connectivity index (χ2n) is 7.17. The molecule has 0 bridgehead atoms. The van der Waals surface area contributed by atoms with Gasteiger partial charge in [0.15, 0.2) is 0 Å². The Bertz CT molecular complexity index is 730. The highest BCUT2D eigenvalue weighted by molar-refractivity contribution is 5.74. The van der Waals surface area contributed by atoms with E-state index in [2.05, 4.69) is 13.0 Å². The van der Waals surface area contributed by atoms with Crippen LogP contribution < -0.4 is 10.5 Å². The van der Waals surface area contributed by atoms with E-state index in [9.17, 15) is 4.79 Å². The van der Waals surface area contributed by atoms with Crippen LogP contribution in [0.4, 0.5) is 0 Å². The zero-order valence-electron chi connectivity index (χ0n) is 15.6. The van der Waals surface area contributed by atoms with Gasteiger partial charge in [0.25, 0.3) is 0 Å². The van der Waals surface area contributed by atoms with E-state index in [0.29, 0.717) is 0 Å². The number of aryl methyl sites for hydroxylation is 1. The third-order valence-corrected chi connectivity index (χ3v) is 3.89. The predicted octanol–water partition coefficient (Wildman–Crippen LogP) is 4.40. The largest absolute Gasteiger partial charge is 0.496 e. The van der Waals surface area contributed by atoms with Gasteiger partial charge in [0, 0.05) is 11.6 Å². The highest BCUT2D eigenvalue weighted by Gasteiger charge is 2.19. The summed E-state index contributed by atoms with van der Waals surface area (Å²) in [6, 6.07) is 13.5. The van der Waals surface area contributed by atoms with Crippen molar-refractivity contribution >= 4 is 5.97 Å². The van der Waals surface area contributed by atoms with E-state index in [4.69, 9.17) is 15.2 Å². The van der Waals surface area contributed by atoms with Crippen LogP contribution in [0.25, 0.3) is 11.1 Å². The van der Waals surface area contributed by atoms with Crippen LogP contribution in [0.5, 0.6) is 5.75 Å². The van der Waals surface area contributed by atoms with Crippen molar-refractivity contribution in [1.82, 2.24) is 0 Å². The molecule has 4 nitrogen and oxygen atoms in total. The van der Waals surface area contributed by atoms with Crippen molar-refractivity contribution in [1.29, 1.82) is 0 Å². The van der Waals surface area contributed by atoms with Gasteiger partial charge in [-0.2, -0.15) is 0 Å². The van der Waals surface area contributed by atoms with Crippen molar-refractivity contribution in [3.63, 3.8) is 0 Å². The number of methoxy groups -OCH3 is 1. The number of rotatable bonds is 5. The summed E-state index contributed by atoms with van der Waals surface area (Å²) in [5.41, 5.74) is 9.84. The Morgan fingerprint density at radius 1 is 1.12 bits per heavy atom. The molecular weight excluding hydrogens is 314 g/mol. The Morgan fingerprint density at radius 3 is 2.32 bits per heavy atom. The Kier molecular flexibility index (Phi) is 5.85. The minimum atomic E-state index is -0.498. The highest BCUT2D eigenvalue weighted by atomic mass is 16.6. The van der Waals surface area contributed by atoms with Gasteiger partial charge >= 0.3 is 5.97 Å². The summed E-state index contributed by atoms with van der Waals surface area (Å²) in [5.74, 6) is 0.551. The lowest BCUT2D eigenvalue weighted by molar-refractivity contribution is -0.155. The number of esters is 1. The van der Waals surface area contributed by atoms with Crippen LogP contribution in [-0.2, 0) is 9.53 Å². The number of ether oxygens (including phenoxy) is 2. The van der Waals surface area contributed by atoms with Crippen molar-refractivity contribution in [2.75, 3.05) is 7.11 Å². The summed E-state index contributed by atoms with van der Waals surface area (Å²) in [6.45, 7) is 7.60. The second-order valence-corrected chi connectivity index (χ2v) is 7.17. The highest BCUT2D eigenvalue weighted by Crippen LogP contribution is 2.33. The lowest BCUT2D eigenvalue weighted by Gasteiger charge is -2.21. The number of hydrogen-bond donors (Lipinski definition) is 1. The van der Waals surface area contributed by atoms with Crippen molar-refractivity contribution < 1.29 is 14.3 Å². The van der Waals surface area contributed by atoms with E-state index in [1.807, 2.05) is 57.2 Å². The quantitative estimate of drug-likeness (QED) is 0.819. The fraction of sp³-hybridized carbons (Fsp3) is 0.381. The van der Waals surface area contributed by atoms with Crippen LogP contribution in [-0.4, -0.2) is 18.7 Å². The summed E-state index contributed by atoms with van der Waals surface area (Å²) in [4.78, 5) is 11.9. The molecule has 0 fully saturated rings. The first kappa shape index (κ1) is 19.0. The number of hydrogen-bond acceptors (Lipinski definition) is 4. The molecule has 0 aliphatic carbocycles. The molecule has 25 heavy (non-hydrogen) atoms. The number of benzene rings is 2. The molecule has 0 spiro atoms. The molecule has 0 aliphatic rings. The molecule has 1 atom stereocenters. The van der Waals surface area contributed by atoms with Crippen LogP contribution in [0, 0.1) is 6.92 Å². The van der Waals surface area contributed by atoms with E-state index in [1.54, 1.807) is 7.11 Å². The maximum absolute atomic E-state index is 11.9. The van der Waals surface area contributed by atoms with Crippen molar-refractivity contribution in [3.05, 3.63) is 53.6 Å². The zero-order chi connectivity index (χ0) is 18.6. The summed E-state index contributed by atoms with van der Waals surface area (Å²) in [5, 5.41) is 0. The lowest BCUT2D eigenvalue weighted by Crippen LogP contribution is -2.26. The fourth-order valence-corrected chi connectivity index (χ4v) is 2.76. The fourth-order valence-electron chi connectivity index (χ4n) is 2.76. The number of carbonyl (C=O) groups is 1. The molecule has 1 unspecified atom stereocenters. The van der Waals surface area contributed by atoms with Crippen LogP contribution in [0.15, 0.2) is 42.5 Å². The van der Waals surface area contributed by atoms with Gasteiger partial charge in [-0.1, -0.05) is 36.4 Å². The zero-order valence-corrected chi connectivity index (χ0v) is 15.6. The molecule has 2 rings (SSSR count). The van der Waals surface area contributed by atoms with E-state index >= 15 is 0 Å². The van der Waals surface area contributed by atoms with Crippen LogP contribution in [0.3, 0.4) is 0 Å². The molecule has 2 N–H and O–H groups in total. The molecule has 134 valence electrons. The molecule has 0 heterocycles. The number of carbonyl (C=O) groups excluding carboxylic acids is 1. The van der Waals surface area contributed by atoms with Crippen molar-refractivity contribution in [3.8, 4) is 16.9 Å². The van der Waals surface area contributed by atoms with Gasteiger partial charge in [0.1, 0.15) is 11.4 Å². The Labute approximate surface area is 150 Å². The standard InChI is InChI=1S/C21H27NO3/c1-14-7-6-8-18(24-5)20(14)16-11-9-15(10-12-16)17(22)13-19(23)25-21(2,3)4/h6-12,17H,13,22H2,1-5H3. The summed E-state index contributed by atoms with van der Waals surface area (Å²) >= 11 is 0. The SMILES string of the molecule is COc1cccc(C)c1-c1ccc(C(N)CC(=O)OC(C)(C)C)cc1. The summed E-state index contributed by atoms with van der Waals surface area (Å²) in [7, 11) is 1.67. The van der Waals surface area contributed by atoms with Crippen molar-refractivity contribution in [2.45, 2.75) is 45.8 Å². The Morgan fingerprint density at radius 2 is 1.76 bits per heavy atom. The molecule has 2 aromatic carbocycles. The van der Waals surface area contributed by atoms with Gasteiger partial charge in [-0.15, -0.1) is 0 Å². The van der Waals surface area contributed by atoms with Crippen molar-refractivity contribution in [2.24, 2.45) is 5.73 Å². The van der Waals surface area contributed by atoms with E-state index < -0.39 is 5.60 Å². The maximum atomic E-state index is 11.9. The van der Waals surface area contributed by atoms with E-state index in [0.717, 1.165) is 28.0 Å². The van der Waals surface area contributed by atoms with Crippen LogP contribution in [0.2, 0.25) is 0 Å². The van der Waals surface area contributed by atoms with Gasteiger partial charge in [0.05, 0.1) is 13.5 Å². The Balaban J connectivity index is 2.16. The van der Waals surface area contributed by atoms with Gasteiger partial charge in [0.2, 0.25) is 0 Å². The van der Waals surface area contributed by atoms with E-state index in [1.165, 1.54) is 0 Å². The molecule has 2 aromatic rings. The van der Waals surface area contributed by atoms with Gasteiger partial charge in [-0.25, -0.2) is 0 Å². The molecule has 0 saturated heterocycles. The maximum Gasteiger partial charge on any atom is 0.308 e. The smallest absolute Gasteiger partial charge is 0.308 e.